The number of aryl methyl sites for hydroxylation is 1. The Bertz CT molecular complexity index is 973. The van der Waals surface area contributed by atoms with Crippen LogP contribution < -0.4 is 5.73 Å². The molecule has 7 heteroatoms. The van der Waals surface area contributed by atoms with Crippen molar-refractivity contribution in [3.8, 4) is 5.69 Å². The van der Waals surface area contributed by atoms with Crippen molar-refractivity contribution < 1.29 is 4.79 Å². The highest BCUT2D eigenvalue weighted by Crippen LogP contribution is 2.30. The number of hydrogen-bond acceptors (Lipinski definition) is 3. The van der Waals surface area contributed by atoms with E-state index in [1.807, 2.05) is 48.2 Å². The Kier molecular flexibility index (Phi) is 6.75. The van der Waals surface area contributed by atoms with Gasteiger partial charge in [-0.3, -0.25) is 9.36 Å². The van der Waals surface area contributed by atoms with Crippen LogP contribution in [0.2, 0.25) is 0 Å². The number of benzene rings is 2. The van der Waals surface area contributed by atoms with Gasteiger partial charge in [0.1, 0.15) is 5.82 Å². The first-order valence-electron chi connectivity index (χ1n) is 9.05. The Labute approximate surface area is 177 Å². The van der Waals surface area contributed by atoms with Gasteiger partial charge in [0.15, 0.2) is 0 Å². The van der Waals surface area contributed by atoms with Gasteiger partial charge in [0.05, 0.1) is 11.0 Å². The Morgan fingerprint density at radius 1 is 1.18 bits per heavy atom. The second-order valence-electron chi connectivity index (χ2n) is 7.52. The molecule has 3 aromatic rings. The molecule has 0 spiro atoms. The summed E-state index contributed by atoms with van der Waals surface area (Å²) in [7, 11) is 0. The van der Waals surface area contributed by atoms with Crippen molar-refractivity contribution in [1.29, 1.82) is 0 Å². The van der Waals surface area contributed by atoms with Crippen LogP contribution in [0.1, 0.15) is 29.5 Å². The van der Waals surface area contributed by atoms with Crippen molar-refractivity contribution in [2.24, 2.45) is 11.1 Å². The number of nitrogens with zero attached hydrogens (tertiary/aromatic N) is 3. The van der Waals surface area contributed by atoms with Gasteiger partial charge in [-0.25, -0.2) is 4.98 Å². The van der Waals surface area contributed by atoms with Gasteiger partial charge in [-0.05, 0) is 55.6 Å². The van der Waals surface area contributed by atoms with Gasteiger partial charge < -0.3 is 10.6 Å². The first-order valence-corrected chi connectivity index (χ1v) is 9.05. The Morgan fingerprint density at radius 3 is 2.54 bits per heavy atom. The number of hydrogen-bond donors (Lipinski definition) is 1. The molecule has 4 rings (SSSR count). The van der Waals surface area contributed by atoms with Crippen LogP contribution >= 0.6 is 24.8 Å². The molecular weight excluding hydrogens is 395 g/mol. The van der Waals surface area contributed by atoms with E-state index in [0.717, 1.165) is 42.1 Å². The molecule has 1 aromatic heterocycles. The molecule has 1 unspecified atom stereocenters. The summed E-state index contributed by atoms with van der Waals surface area (Å²) in [5, 5.41) is 0. The number of rotatable bonds is 3. The Balaban J connectivity index is 0.00000140. The molecule has 0 bridgehead atoms. The molecule has 0 saturated carbocycles. The normalized spacial score (nSPS) is 18.6. The van der Waals surface area contributed by atoms with Crippen LogP contribution in [-0.2, 0) is 0 Å². The molecule has 0 aliphatic carbocycles. The van der Waals surface area contributed by atoms with Crippen molar-refractivity contribution in [3.63, 3.8) is 0 Å². The molecule has 1 fully saturated rings. The molecule has 0 radical (unpaired) electrons. The number of nitrogens with two attached hydrogens (primary N) is 1. The highest BCUT2D eigenvalue weighted by atomic mass is 35.5. The van der Waals surface area contributed by atoms with Crippen molar-refractivity contribution in [2.45, 2.75) is 20.3 Å². The quantitative estimate of drug-likeness (QED) is 0.696. The van der Waals surface area contributed by atoms with Gasteiger partial charge in [0.25, 0.3) is 5.91 Å². The van der Waals surface area contributed by atoms with Gasteiger partial charge in [0, 0.05) is 24.3 Å². The highest BCUT2D eigenvalue weighted by Gasteiger charge is 2.35. The molecule has 2 N–H and O–H groups in total. The average molecular weight is 421 g/mol. The third-order valence-electron chi connectivity index (χ3n) is 5.42. The standard InChI is InChI=1S/C21H24N4O.2ClH/c1-15-23-18-12-16(20(26)24-11-10-21(2,13-22)14-24)8-9-19(18)25(15)17-6-4-3-5-7-17;;/h3-9,12H,10-11,13-14,22H2,1-2H3;2*1H. The minimum Gasteiger partial charge on any atom is -0.338 e. The summed E-state index contributed by atoms with van der Waals surface area (Å²) in [4.78, 5) is 19.5. The number of halogens is 2. The van der Waals surface area contributed by atoms with E-state index in [1.165, 1.54) is 0 Å². The summed E-state index contributed by atoms with van der Waals surface area (Å²) in [6.07, 6.45) is 0.958. The molecule has 150 valence electrons. The van der Waals surface area contributed by atoms with Gasteiger partial charge in [-0.2, -0.15) is 0 Å². The lowest BCUT2D eigenvalue weighted by atomic mass is 9.90. The number of carbonyl (C=O) groups is 1. The van der Waals surface area contributed by atoms with E-state index in [9.17, 15) is 4.79 Å². The number of imidazole rings is 1. The van der Waals surface area contributed by atoms with Crippen molar-refractivity contribution in [1.82, 2.24) is 14.5 Å². The van der Waals surface area contributed by atoms with Gasteiger partial charge >= 0.3 is 0 Å². The van der Waals surface area contributed by atoms with Crippen molar-refractivity contribution >= 4 is 41.8 Å². The molecular formula is C21H26Cl2N4O. The van der Waals surface area contributed by atoms with E-state index in [0.29, 0.717) is 12.1 Å². The summed E-state index contributed by atoms with van der Waals surface area (Å²) in [5.74, 6) is 0.976. The SMILES string of the molecule is Cc1nc2cc(C(=O)N3CCC(C)(CN)C3)ccc2n1-c1ccccc1.Cl.Cl. The molecule has 1 atom stereocenters. The molecule has 1 amide bonds. The highest BCUT2D eigenvalue weighted by molar-refractivity contribution is 5.98. The molecule has 2 heterocycles. The molecule has 1 saturated heterocycles. The molecule has 5 nitrogen and oxygen atoms in total. The first-order chi connectivity index (χ1) is 12.5. The van der Waals surface area contributed by atoms with E-state index >= 15 is 0 Å². The second kappa shape index (κ2) is 8.52. The fourth-order valence-corrected chi connectivity index (χ4v) is 3.78. The summed E-state index contributed by atoms with van der Waals surface area (Å²) >= 11 is 0. The van der Waals surface area contributed by atoms with E-state index < -0.39 is 0 Å². The molecule has 28 heavy (non-hydrogen) atoms. The Hall–Kier alpha value is -2.08. The van der Waals surface area contributed by atoms with Crippen LogP contribution in [0.15, 0.2) is 48.5 Å². The summed E-state index contributed by atoms with van der Waals surface area (Å²) < 4.78 is 2.12. The smallest absolute Gasteiger partial charge is 0.253 e. The predicted molar refractivity (Wildman–Crippen MR) is 118 cm³/mol. The first kappa shape index (κ1) is 22.2. The predicted octanol–water partition coefficient (Wildman–Crippen LogP) is 3.99. The second-order valence-corrected chi connectivity index (χ2v) is 7.52. The third kappa shape index (κ3) is 3.88. The van der Waals surface area contributed by atoms with Crippen LogP contribution in [0.4, 0.5) is 0 Å². The van der Waals surface area contributed by atoms with Crippen molar-refractivity contribution in [3.05, 3.63) is 59.9 Å². The number of aromatic nitrogens is 2. The van der Waals surface area contributed by atoms with Crippen LogP contribution in [0.3, 0.4) is 0 Å². The lowest BCUT2D eigenvalue weighted by molar-refractivity contribution is 0.0777. The lowest BCUT2D eigenvalue weighted by Gasteiger charge is -2.22. The largest absolute Gasteiger partial charge is 0.338 e. The molecule has 1 aliphatic rings. The monoisotopic (exact) mass is 420 g/mol. The summed E-state index contributed by atoms with van der Waals surface area (Å²) in [6, 6.07) is 16.0. The molecule has 1 aliphatic heterocycles. The van der Waals surface area contributed by atoms with Crippen LogP contribution in [0.5, 0.6) is 0 Å². The minimum absolute atomic E-state index is 0. The maximum absolute atomic E-state index is 12.9. The number of para-hydroxylation sites is 1. The number of carbonyl (C=O) groups excluding carboxylic acids is 1. The van der Waals surface area contributed by atoms with Crippen LogP contribution in [0, 0.1) is 12.3 Å². The zero-order valence-corrected chi connectivity index (χ0v) is 17.7. The fourth-order valence-electron chi connectivity index (χ4n) is 3.78. The maximum Gasteiger partial charge on any atom is 0.253 e. The zero-order valence-electron chi connectivity index (χ0n) is 16.1. The van der Waals surface area contributed by atoms with Crippen LogP contribution in [-0.4, -0.2) is 40.0 Å². The van der Waals surface area contributed by atoms with E-state index in [1.54, 1.807) is 0 Å². The Morgan fingerprint density at radius 2 is 1.89 bits per heavy atom. The zero-order chi connectivity index (χ0) is 18.3. The number of amides is 1. The summed E-state index contributed by atoms with van der Waals surface area (Å²) in [6.45, 7) is 6.23. The topological polar surface area (TPSA) is 64.2 Å². The lowest BCUT2D eigenvalue weighted by Crippen LogP contribution is -2.34. The van der Waals surface area contributed by atoms with E-state index in [4.69, 9.17) is 5.73 Å². The minimum atomic E-state index is 0. The molecule has 2 aromatic carbocycles. The van der Waals surface area contributed by atoms with Gasteiger partial charge in [-0.1, -0.05) is 25.1 Å². The number of fused-ring (bicyclic) bond motifs is 1. The fraction of sp³-hybridized carbons (Fsp3) is 0.333. The van der Waals surface area contributed by atoms with Crippen LogP contribution in [0.25, 0.3) is 16.7 Å². The third-order valence-corrected chi connectivity index (χ3v) is 5.42. The number of likely N-dealkylation sites (tertiary alicyclic amines) is 1. The summed E-state index contributed by atoms with van der Waals surface area (Å²) in [5.41, 5.74) is 9.52. The van der Waals surface area contributed by atoms with E-state index in [2.05, 4.69) is 28.6 Å². The van der Waals surface area contributed by atoms with E-state index in [-0.39, 0.29) is 36.1 Å². The maximum atomic E-state index is 12.9. The van der Waals surface area contributed by atoms with Gasteiger partial charge in [-0.15, -0.1) is 24.8 Å². The van der Waals surface area contributed by atoms with Gasteiger partial charge in [0.2, 0.25) is 0 Å². The van der Waals surface area contributed by atoms with Crippen molar-refractivity contribution in [2.75, 3.05) is 19.6 Å². The average Bonchev–Trinajstić information content (AvgIpc) is 3.21.